The van der Waals surface area contributed by atoms with E-state index in [1.807, 2.05) is 37.1 Å². The largest absolute Gasteiger partial charge is 0.379 e. The zero-order chi connectivity index (χ0) is 15.0. The summed E-state index contributed by atoms with van der Waals surface area (Å²) in [6.45, 7) is 8.93. The van der Waals surface area contributed by atoms with Crippen LogP contribution in [0.25, 0.3) is 0 Å². The first kappa shape index (κ1) is 16.7. The Labute approximate surface area is 122 Å². The van der Waals surface area contributed by atoms with Crippen LogP contribution in [0.5, 0.6) is 0 Å². The molecule has 0 radical (unpaired) electrons. The van der Waals surface area contributed by atoms with E-state index in [1.165, 1.54) is 0 Å². The highest BCUT2D eigenvalue weighted by Crippen LogP contribution is 2.19. The third-order valence-corrected chi connectivity index (χ3v) is 3.67. The molecule has 0 amide bonds. The molecule has 3 N–H and O–H groups in total. The Balaban J connectivity index is 2.46. The number of rotatable bonds is 8. The molecule has 112 valence electrons. The first-order chi connectivity index (χ1) is 9.60. The van der Waals surface area contributed by atoms with Gasteiger partial charge >= 0.3 is 0 Å². The van der Waals surface area contributed by atoms with E-state index in [0.29, 0.717) is 12.5 Å². The second-order valence-electron chi connectivity index (χ2n) is 5.30. The first-order valence-electron chi connectivity index (χ1n) is 7.29. The van der Waals surface area contributed by atoms with Gasteiger partial charge in [-0.25, -0.2) is 5.01 Å². The van der Waals surface area contributed by atoms with Gasteiger partial charge in [0.2, 0.25) is 0 Å². The van der Waals surface area contributed by atoms with Gasteiger partial charge in [0.05, 0.1) is 6.04 Å². The molecule has 0 aromatic rings. The molecule has 0 bridgehead atoms. The summed E-state index contributed by atoms with van der Waals surface area (Å²) in [5.41, 5.74) is 2.03. The van der Waals surface area contributed by atoms with Crippen molar-refractivity contribution in [1.82, 2.24) is 10.3 Å². The van der Waals surface area contributed by atoms with Gasteiger partial charge in [-0.3, -0.25) is 5.84 Å². The third kappa shape index (κ3) is 5.31. The van der Waals surface area contributed by atoms with Crippen LogP contribution in [0.15, 0.2) is 36.1 Å². The maximum absolute atomic E-state index is 11.2. The van der Waals surface area contributed by atoms with Crippen LogP contribution in [-0.2, 0) is 4.79 Å². The lowest BCUT2D eigenvalue weighted by atomic mass is 10.0. The van der Waals surface area contributed by atoms with Crippen LogP contribution in [0.4, 0.5) is 0 Å². The minimum Gasteiger partial charge on any atom is -0.379 e. The number of nitrogens with one attached hydrogen (secondary N) is 1. The number of hydrazine groups is 1. The zero-order valence-corrected chi connectivity index (χ0v) is 12.6. The Morgan fingerprint density at radius 1 is 1.55 bits per heavy atom. The smallest absolute Gasteiger partial charge is 0.142 e. The van der Waals surface area contributed by atoms with E-state index in [2.05, 4.69) is 11.9 Å². The number of carbonyl (C=O) groups is 1. The molecule has 1 saturated heterocycles. The molecule has 1 rings (SSSR count). The van der Waals surface area contributed by atoms with Gasteiger partial charge in [0.25, 0.3) is 0 Å². The molecule has 0 aliphatic carbocycles. The van der Waals surface area contributed by atoms with Crippen LogP contribution in [0, 0.1) is 0 Å². The topological polar surface area (TPSA) is 58.4 Å². The second kappa shape index (κ2) is 8.72. The number of allylic oxidation sites excluding steroid dienone is 3. The summed E-state index contributed by atoms with van der Waals surface area (Å²) in [6, 6.07) is 0.122. The van der Waals surface area contributed by atoms with Crippen LogP contribution in [-0.4, -0.2) is 29.9 Å². The number of nitrogens with zero attached hydrogens (tertiary/aromatic N) is 1. The lowest BCUT2D eigenvalue weighted by Gasteiger charge is -2.22. The standard InChI is InChI=1S/C16H27N3O/c1-4-7-14(5-2)11-15(12-20)18-13(3)10-16-8-6-9-19(16)17/h4-5,7,12,15-16,18H,3,6,8-11,17H2,1-2H3/b7-4-,14-5+. The fourth-order valence-electron chi connectivity index (χ4n) is 2.57. The monoisotopic (exact) mass is 277 g/mol. The third-order valence-electron chi connectivity index (χ3n) is 3.67. The summed E-state index contributed by atoms with van der Waals surface area (Å²) < 4.78 is 0. The molecule has 0 aromatic carbocycles. The van der Waals surface area contributed by atoms with Gasteiger partial charge in [-0.15, -0.1) is 0 Å². The molecule has 1 heterocycles. The van der Waals surface area contributed by atoms with Crippen molar-refractivity contribution in [2.45, 2.75) is 51.6 Å². The van der Waals surface area contributed by atoms with E-state index in [1.54, 1.807) is 0 Å². The molecule has 2 unspecified atom stereocenters. The summed E-state index contributed by atoms with van der Waals surface area (Å²) in [4.78, 5) is 11.2. The van der Waals surface area contributed by atoms with Crippen molar-refractivity contribution in [2.75, 3.05) is 6.54 Å². The fourth-order valence-corrected chi connectivity index (χ4v) is 2.57. The Morgan fingerprint density at radius 2 is 2.30 bits per heavy atom. The average molecular weight is 277 g/mol. The minimum atomic E-state index is -0.225. The van der Waals surface area contributed by atoms with Gasteiger partial charge in [-0.1, -0.05) is 30.4 Å². The highest BCUT2D eigenvalue weighted by molar-refractivity contribution is 5.59. The van der Waals surface area contributed by atoms with Crippen LogP contribution in [0.2, 0.25) is 0 Å². The normalized spacial score (nSPS) is 22.1. The molecule has 0 aromatic heterocycles. The number of carbonyl (C=O) groups excluding carboxylic acids is 1. The van der Waals surface area contributed by atoms with E-state index < -0.39 is 0 Å². The maximum atomic E-state index is 11.2. The van der Waals surface area contributed by atoms with Gasteiger partial charge in [0, 0.05) is 24.7 Å². The SMILES string of the molecule is C=C(CC1CCCN1N)NC(C=O)CC(/C=C\C)=C/C. The van der Waals surface area contributed by atoms with E-state index in [-0.39, 0.29) is 6.04 Å². The molecular formula is C16H27N3O. The number of hydrogen-bond donors (Lipinski definition) is 2. The Bertz CT molecular complexity index is 387. The molecule has 1 aliphatic heterocycles. The molecule has 4 nitrogen and oxygen atoms in total. The minimum absolute atomic E-state index is 0.225. The van der Waals surface area contributed by atoms with Crippen LogP contribution < -0.4 is 11.2 Å². The van der Waals surface area contributed by atoms with Crippen molar-refractivity contribution in [3.05, 3.63) is 36.1 Å². The van der Waals surface area contributed by atoms with Gasteiger partial charge < -0.3 is 10.1 Å². The Hall–Kier alpha value is -1.39. The van der Waals surface area contributed by atoms with Gasteiger partial charge in [0.15, 0.2) is 0 Å². The van der Waals surface area contributed by atoms with Crippen molar-refractivity contribution in [2.24, 2.45) is 5.84 Å². The fraction of sp³-hybridized carbons (Fsp3) is 0.562. The van der Waals surface area contributed by atoms with Crippen molar-refractivity contribution < 1.29 is 4.79 Å². The first-order valence-corrected chi connectivity index (χ1v) is 7.29. The average Bonchev–Trinajstić information content (AvgIpc) is 2.82. The lowest BCUT2D eigenvalue weighted by Crippen LogP contribution is -2.38. The Kier molecular flexibility index (Phi) is 7.26. The van der Waals surface area contributed by atoms with Crippen molar-refractivity contribution in [3.8, 4) is 0 Å². The lowest BCUT2D eigenvalue weighted by molar-refractivity contribution is -0.109. The quantitative estimate of drug-likeness (QED) is 0.406. The highest BCUT2D eigenvalue weighted by Gasteiger charge is 2.22. The number of nitrogens with two attached hydrogens (primary N) is 1. The molecule has 0 spiro atoms. The molecular weight excluding hydrogens is 250 g/mol. The highest BCUT2D eigenvalue weighted by atomic mass is 16.1. The van der Waals surface area contributed by atoms with E-state index in [9.17, 15) is 4.79 Å². The maximum Gasteiger partial charge on any atom is 0.142 e. The molecule has 20 heavy (non-hydrogen) atoms. The van der Waals surface area contributed by atoms with Crippen molar-refractivity contribution >= 4 is 6.29 Å². The van der Waals surface area contributed by atoms with Gasteiger partial charge in [-0.2, -0.15) is 0 Å². The van der Waals surface area contributed by atoms with Crippen LogP contribution >= 0.6 is 0 Å². The summed E-state index contributed by atoms with van der Waals surface area (Å²) in [5, 5.41) is 5.09. The number of aldehydes is 1. The predicted molar refractivity (Wildman–Crippen MR) is 83.8 cm³/mol. The van der Waals surface area contributed by atoms with Crippen molar-refractivity contribution in [3.63, 3.8) is 0 Å². The van der Waals surface area contributed by atoms with Crippen molar-refractivity contribution in [1.29, 1.82) is 0 Å². The van der Waals surface area contributed by atoms with Crippen LogP contribution in [0.3, 0.4) is 0 Å². The summed E-state index contributed by atoms with van der Waals surface area (Å²) in [5.74, 6) is 5.91. The summed E-state index contributed by atoms with van der Waals surface area (Å²) in [6.07, 6.45) is 10.7. The zero-order valence-electron chi connectivity index (χ0n) is 12.6. The predicted octanol–water partition coefficient (Wildman–Crippen LogP) is 2.30. The Morgan fingerprint density at radius 3 is 2.80 bits per heavy atom. The van der Waals surface area contributed by atoms with E-state index >= 15 is 0 Å². The van der Waals surface area contributed by atoms with Crippen LogP contribution in [0.1, 0.15) is 39.5 Å². The molecule has 2 atom stereocenters. The van der Waals surface area contributed by atoms with Gasteiger partial charge in [-0.05, 0) is 33.1 Å². The number of hydrogen-bond acceptors (Lipinski definition) is 4. The summed E-state index contributed by atoms with van der Waals surface area (Å²) >= 11 is 0. The van der Waals surface area contributed by atoms with Gasteiger partial charge in [0.1, 0.15) is 6.29 Å². The van der Waals surface area contributed by atoms with E-state index in [0.717, 1.165) is 43.4 Å². The molecule has 1 fully saturated rings. The molecule has 1 aliphatic rings. The molecule has 4 heteroatoms. The molecule has 0 saturated carbocycles. The van der Waals surface area contributed by atoms with E-state index in [4.69, 9.17) is 5.84 Å². The second-order valence-corrected chi connectivity index (χ2v) is 5.30. The summed E-state index contributed by atoms with van der Waals surface area (Å²) in [7, 11) is 0.